The number of halogens is 3. The fraction of sp³-hybridized carbons (Fsp3) is 0.111. The summed E-state index contributed by atoms with van der Waals surface area (Å²) >= 11 is 7.15. The second-order valence-corrected chi connectivity index (χ2v) is 6.86. The molecule has 8 heteroatoms. The Labute approximate surface area is 156 Å². The summed E-state index contributed by atoms with van der Waals surface area (Å²) in [6, 6.07) is 9.16. The number of anilines is 1. The first kappa shape index (κ1) is 18.3. The monoisotopic (exact) mass is 395 g/mol. The van der Waals surface area contributed by atoms with Gasteiger partial charge in [-0.2, -0.15) is 0 Å². The number of hydrogen-bond acceptors (Lipinski definition) is 4. The molecule has 1 heterocycles. The third kappa shape index (κ3) is 3.84. The summed E-state index contributed by atoms with van der Waals surface area (Å²) in [7, 11) is 0. The van der Waals surface area contributed by atoms with Crippen molar-refractivity contribution in [3.8, 4) is 0 Å². The van der Waals surface area contributed by atoms with Gasteiger partial charge in [-0.15, -0.1) is 11.3 Å². The van der Waals surface area contributed by atoms with E-state index in [1.807, 2.05) is 0 Å². The number of thiophene rings is 1. The summed E-state index contributed by atoms with van der Waals surface area (Å²) in [4.78, 5) is 24.5. The van der Waals surface area contributed by atoms with E-state index in [0.29, 0.717) is 15.8 Å². The van der Waals surface area contributed by atoms with E-state index in [2.05, 4.69) is 5.32 Å². The molecule has 0 fully saturated rings. The van der Waals surface area contributed by atoms with Crippen molar-refractivity contribution >= 4 is 50.6 Å². The fourth-order valence-electron chi connectivity index (χ4n) is 2.21. The average Bonchev–Trinajstić information content (AvgIpc) is 2.93. The van der Waals surface area contributed by atoms with Crippen LogP contribution in [0.15, 0.2) is 42.5 Å². The van der Waals surface area contributed by atoms with Crippen molar-refractivity contribution in [2.45, 2.75) is 13.0 Å². The van der Waals surface area contributed by atoms with Gasteiger partial charge in [0.15, 0.2) is 6.10 Å². The lowest BCUT2D eigenvalue weighted by molar-refractivity contribution is -0.123. The zero-order valence-corrected chi connectivity index (χ0v) is 15.0. The van der Waals surface area contributed by atoms with Gasteiger partial charge in [0.05, 0.1) is 5.02 Å². The summed E-state index contributed by atoms with van der Waals surface area (Å²) in [5.74, 6) is -2.23. The summed E-state index contributed by atoms with van der Waals surface area (Å²) in [6.45, 7) is 1.40. The van der Waals surface area contributed by atoms with E-state index in [1.54, 1.807) is 0 Å². The predicted molar refractivity (Wildman–Crippen MR) is 96.7 cm³/mol. The normalized spacial score (nSPS) is 12.0. The van der Waals surface area contributed by atoms with E-state index in [9.17, 15) is 18.4 Å². The summed E-state index contributed by atoms with van der Waals surface area (Å²) in [5, 5.41) is 3.20. The lowest BCUT2D eigenvalue weighted by Gasteiger charge is -2.13. The molecule has 0 radical (unpaired) electrons. The number of carbonyl (C=O) groups excluding carboxylic acids is 2. The average molecular weight is 396 g/mol. The van der Waals surface area contributed by atoms with Crippen LogP contribution in [0.4, 0.5) is 14.5 Å². The topological polar surface area (TPSA) is 55.4 Å². The van der Waals surface area contributed by atoms with Gasteiger partial charge < -0.3 is 10.1 Å². The van der Waals surface area contributed by atoms with Crippen molar-refractivity contribution in [3.63, 3.8) is 0 Å². The number of amides is 1. The van der Waals surface area contributed by atoms with Crippen LogP contribution in [0.3, 0.4) is 0 Å². The minimum atomic E-state index is -1.11. The molecule has 0 aliphatic carbocycles. The smallest absolute Gasteiger partial charge is 0.350 e. The first-order chi connectivity index (χ1) is 12.3. The second-order valence-electron chi connectivity index (χ2n) is 5.43. The first-order valence-electron chi connectivity index (χ1n) is 7.50. The quantitative estimate of drug-likeness (QED) is 0.631. The largest absolute Gasteiger partial charge is 0.448 e. The van der Waals surface area contributed by atoms with E-state index >= 15 is 0 Å². The van der Waals surface area contributed by atoms with E-state index in [0.717, 1.165) is 11.3 Å². The Morgan fingerprint density at radius 3 is 2.46 bits per heavy atom. The predicted octanol–water partition coefficient (Wildman–Crippen LogP) is 5.02. The second kappa shape index (κ2) is 7.39. The van der Waals surface area contributed by atoms with Crippen molar-refractivity contribution in [1.29, 1.82) is 0 Å². The summed E-state index contributed by atoms with van der Waals surface area (Å²) in [6.07, 6.45) is -1.11. The Kier molecular flexibility index (Phi) is 5.20. The molecule has 0 aliphatic rings. The highest BCUT2D eigenvalue weighted by molar-refractivity contribution is 7.21. The van der Waals surface area contributed by atoms with Gasteiger partial charge in [-0.25, -0.2) is 13.6 Å². The maximum absolute atomic E-state index is 13.3. The molecule has 3 aromatic rings. The van der Waals surface area contributed by atoms with Crippen LogP contribution in [0.1, 0.15) is 16.6 Å². The highest BCUT2D eigenvalue weighted by Gasteiger charge is 2.24. The van der Waals surface area contributed by atoms with Crippen LogP contribution in [0.5, 0.6) is 0 Å². The maximum atomic E-state index is 13.3. The summed E-state index contributed by atoms with van der Waals surface area (Å²) in [5.41, 5.74) is 0.370. The van der Waals surface area contributed by atoms with Crippen LogP contribution in [0.2, 0.25) is 5.02 Å². The van der Waals surface area contributed by atoms with Gasteiger partial charge in [0, 0.05) is 15.8 Å². The number of ether oxygens (including phenoxy) is 1. The van der Waals surface area contributed by atoms with E-state index in [4.69, 9.17) is 16.3 Å². The van der Waals surface area contributed by atoms with E-state index in [-0.39, 0.29) is 9.90 Å². The third-order valence-corrected chi connectivity index (χ3v) is 5.18. The molecule has 26 heavy (non-hydrogen) atoms. The van der Waals surface area contributed by atoms with Crippen molar-refractivity contribution < 1.29 is 23.1 Å². The molecule has 134 valence electrons. The Bertz CT molecular complexity index is 988. The Balaban J connectivity index is 1.71. The first-order valence-corrected chi connectivity index (χ1v) is 8.69. The molecule has 1 amide bonds. The number of esters is 1. The number of carbonyl (C=O) groups is 2. The SMILES string of the molecule is CC(OC(=O)c1sc2cc(F)ccc2c1Cl)C(=O)Nc1ccc(F)cc1. The lowest BCUT2D eigenvalue weighted by atomic mass is 10.2. The molecule has 1 atom stereocenters. The molecular weight excluding hydrogens is 384 g/mol. The molecule has 0 saturated carbocycles. The highest BCUT2D eigenvalue weighted by Crippen LogP contribution is 2.36. The molecule has 0 spiro atoms. The van der Waals surface area contributed by atoms with Crippen molar-refractivity contribution in [1.82, 2.24) is 0 Å². The molecule has 0 saturated heterocycles. The molecule has 1 N–H and O–H groups in total. The molecular formula is C18H12ClF2NO3S. The van der Waals surface area contributed by atoms with Crippen LogP contribution in [-0.2, 0) is 9.53 Å². The zero-order valence-electron chi connectivity index (χ0n) is 13.4. The number of rotatable bonds is 4. The fourth-order valence-corrected chi connectivity index (χ4v) is 3.63. The van der Waals surface area contributed by atoms with Gasteiger partial charge in [0.2, 0.25) is 0 Å². The lowest BCUT2D eigenvalue weighted by Crippen LogP contribution is -2.29. The highest BCUT2D eigenvalue weighted by atomic mass is 35.5. The van der Waals surface area contributed by atoms with Crippen LogP contribution in [-0.4, -0.2) is 18.0 Å². The zero-order chi connectivity index (χ0) is 18.8. The van der Waals surface area contributed by atoms with Crippen LogP contribution >= 0.6 is 22.9 Å². The van der Waals surface area contributed by atoms with Crippen molar-refractivity contribution in [2.75, 3.05) is 5.32 Å². The Morgan fingerprint density at radius 1 is 1.12 bits per heavy atom. The summed E-state index contributed by atoms with van der Waals surface area (Å²) < 4.78 is 31.8. The molecule has 4 nitrogen and oxygen atoms in total. The molecule has 3 rings (SSSR count). The third-order valence-electron chi connectivity index (χ3n) is 3.54. The van der Waals surface area contributed by atoms with Gasteiger partial charge in [-0.05, 0) is 49.4 Å². The van der Waals surface area contributed by atoms with Crippen molar-refractivity contribution in [2.24, 2.45) is 0 Å². The van der Waals surface area contributed by atoms with Crippen molar-refractivity contribution in [3.05, 3.63) is 64.0 Å². The number of fused-ring (bicyclic) bond motifs is 1. The molecule has 1 aromatic heterocycles. The minimum Gasteiger partial charge on any atom is -0.448 e. The van der Waals surface area contributed by atoms with Crippen LogP contribution in [0.25, 0.3) is 10.1 Å². The minimum absolute atomic E-state index is 0.0914. The Morgan fingerprint density at radius 2 is 1.77 bits per heavy atom. The maximum Gasteiger partial charge on any atom is 0.350 e. The Hall–Kier alpha value is -2.51. The van der Waals surface area contributed by atoms with Gasteiger partial charge in [-0.1, -0.05) is 11.6 Å². The van der Waals surface area contributed by atoms with Gasteiger partial charge in [0.25, 0.3) is 5.91 Å². The van der Waals surface area contributed by atoms with Crippen LogP contribution in [0, 0.1) is 11.6 Å². The number of hydrogen-bond donors (Lipinski definition) is 1. The number of nitrogens with one attached hydrogen (secondary N) is 1. The molecule has 0 aliphatic heterocycles. The van der Waals surface area contributed by atoms with E-state index < -0.39 is 29.6 Å². The van der Waals surface area contributed by atoms with Crippen LogP contribution < -0.4 is 5.32 Å². The van der Waals surface area contributed by atoms with Gasteiger partial charge >= 0.3 is 5.97 Å². The standard InChI is InChI=1S/C18H12ClF2NO3S/c1-9(17(23)22-12-5-2-10(20)3-6-12)25-18(24)16-15(19)13-7-4-11(21)8-14(13)26-16/h2-9H,1H3,(H,22,23). The molecule has 0 bridgehead atoms. The number of benzene rings is 2. The van der Waals surface area contributed by atoms with Gasteiger partial charge in [0.1, 0.15) is 16.5 Å². The molecule has 1 unspecified atom stereocenters. The van der Waals surface area contributed by atoms with Gasteiger partial charge in [-0.3, -0.25) is 4.79 Å². The molecule has 2 aromatic carbocycles. The van der Waals surface area contributed by atoms with E-state index in [1.165, 1.54) is 49.4 Å².